The Bertz CT molecular complexity index is 273. The second-order valence-electron chi connectivity index (χ2n) is 7.32. The highest BCUT2D eigenvalue weighted by Gasteiger charge is 2.41. The van der Waals surface area contributed by atoms with Crippen LogP contribution in [0.5, 0.6) is 0 Å². The van der Waals surface area contributed by atoms with E-state index in [9.17, 15) is 0 Å². The molecule has 2 heterocycles. The van der Waals surface area contributed by atoms with Crippen LogP contribution in [-0.2, 0) is 0 Å². The standard InChI is InChI=1S/C15H28N2/c1-15(2)8-4-5-14(15)16-11-9-12-6-7-13(10-11)17(12)3/h11-14,16H,4-10H2,1-3H3. The molecule has 17 heavy (non-hydrogen) atoms. The van der Waals surface area contributed by atoms with Crippen molar-refractivity contribution in [2.24, 2.45) is 5.41 Å². The summed E-state index contributed by atoms with van der Waals surface area (Å²) in [5.74, 6) is 0. The number of rotatable bonds is 2. The van der Waals surface area contributed by atoms with Crippen LogP contribution < -0.4 is 5.32 Å². The van der Waals surface area contributed by atoms with Crippen molar-refractivity contribution in [3.05, 3.63) is 0 Å². The van der Waals surface area contributed by atoms with E-state index in [1.165, 1.54) is 44.9 Å². The quantitative estimate of drug-likeness (QED) is 0.793. The zero-order chi connectivity index (χ0) is 12.0. The molecule has 0 aromatic rings. The summed E-state index contributed by atoms with van der Waals surface area (Å²) in [6.45, 7) is 4.89. The molecule has 3 aliphatic rings. The van der Waals surface area contributed by atoms with Gasteiger partial charge in [0.05, 0.1) is 0 Å². The van der Waals surface area contributed by atoms with Crippen molar-refractivity contribution in [1.82, 2.24) is 10.2 Å². The van der Waals surface area contributed by atoms with Gasteiger partial charge >= 0.3 is 0 Å². The third kappa shape index (κ3) is 2.15. The van der Waals surface area contributed by atoms with E-state index >= 15 is 0 Å². The molecule has 98 valence electrons. The lowest BCUT2D eigenvalue weighted by Gasteiger charge is -2.40. The van der Waals surface area contributed by atoms with Crippen LogP contribution in [0.4, 0.5) is 0 Å². The number of hydrogen-bond donors (Lipinski definition) is 1. The number of nitrogens with zero attached hydrogens (tertiary/aromatic N) is 1. The van der Waals surface area contributed by atoms with Crippen molar-refractivity contribution in [3.63, 3.8) is 0 Å². The number of hydrogen-bond acceptors (Lipinski definition) is 2. The molecule has 1 N–H and O–H groups in total. The maximum absolute atomic E-state index is 4.00. The van der Waals surface area contributed by atoms with E-state index in [2.05, 4.69) is 31.1 Å². The summed E-state index contributed by atoms with van der Waals surface area (Å²) < 4.78 is 0. The summed E-state index contributed by atoms with van der Waals surface area (Å²) in [6.07, 6.45) is 9.88. The monoisotopic (exact) mass is 236 g/mol. The SMILES string of the molecule is CN1C2CCC1CC(NC1CCCC1(C)C)C2. The minimum absolute atomic E-state index is 0.530. The van der Waals surface area contributed by atoms with Gasteiger partial charge in [0.1, 0.15) is 0 Å². The largest absolute Gasteiger partial charge is 0.311 e. The van der Waals surface area contributed by atoms with Gasteiger partial charge in [-0.15, -0.1) is 0 Å². The Morgan fingerprint density at radius 1 is 1.06 bits per heavy atom. The summed E-state index contributed by atoms with van der Waals surface area (Å²) in [5, 5.41) is 4.00. The molecule has 3 atom stereocenters. The van der Waals surface area contributed by atoms with Gasteiger partial charge in [-0.25, -0.2) is 0 Å². The van der Waals surface area contributed by atoms with Crippen molar-refractivity contribution in [3.8, 4) is 0 Å². The third-order valence-corrected chi connectivity index (χ3v) is 5.79. The molecule has 3 fully saturated rings. The number of fused-ring (bicyclic) bond motifs is 2. The molecule has 1 aliphatic carbocycles. The average Bonchev–Trinajstić information content (AvgIpc) is 2.69. The first-order valence-electron chi connectivity index (χ1n) is 7.54. The van der Waals surface area contributed by atoms with E-state index in [0.717, 1.165) is 24.2 Å². The molecule has 1 saturated carbocycles. The molecule has 0 aromatic carbocycles. The summed E-state index contributed by atoms with van der Waals surface area (Å²) in [6, 6.07) is 3.31. The van der Waals surface area contributed by atoms with Crippen LogP contribution in [0.1, 0.15) is 58.8 Å². The third-order valence-electron chi connectivity index (χ3n) is 5.79. The fourth-order valence-electron chi connectivity index (χ4n) is 4.47. The Labute approximate surface area is 106 Å². The van der Waals surface area contributed by atoms with E-state index in [-0.39, 0.29) is 0 Å². The zero-order valence-corrected chi connectivity index (χ0v) is 11.7. The Hall–Kier alpha value is -0.0800. The fraction of sp³-hybridized carbons (Fsp3) is 1.00. The van der Waals surface area contributed by atoms with Crippen molar-refractivity contribution < 1.29 is 0 Å². The minimum atomic E-state index is 0.530. The Morgan fingerprint density at radius 3 is 2.24 bits per heavy atom. The highest BCUT2D eigenvalue weighted by molar-refractivity contribution is 4.99. The number of nitrogens with one attached hydrogen (secondary N) is 1. The van der Waals surface area contributed by atoms with Crippen LogP contribution in [0, 0.1) is 5.41 Å². The highest BCUT2D eigenvalue weighted by atomic mass is 15.2. The van der Waals surface area contributed by atoms with Gasteiger partial charge < -0.3 is 10.2 Å². The van der Waals surface area contributed by atoms with Gasteiger partial charge in [0.15, 0.2) is 0 Å². The second-order valence-corrected chi connectivity index (χ2v) is 7.32. The molecule has 0 spiro atoms. The minimum Gasteiger partial charge on any atom is -0.311 e. The Kier molecular flexibility index (Phi) is 2.99. The van der Waals surface area contributed by atoms with E-state index in [0.29, 0.717) is 5.41 Å². The van der Waals surface area contributed by atoms with Crippen molar-refractivity contribution >= 4 is 0 Å². The zero-order valence-electron chi connectivity index (χ0n) is 11.7. The maximum atomic E-state index is 4.00. The summed E-state index contributed by atoms with van der Waals surface area (Å²) in [5.41, 5.74) is 0.530. The molecule has 2 nitrogen and oxygen atoms in total. The molecule has 2 aliphatic heterocycles. The predicted octanol–water partition coefficient (Wildman–Crippen LogP) is 2.78. The van der Waals surface area contributed by atoms with Gasteiger partial charge in [0.2, 0.25) is 0 Å². The Morgan fingerprint density at radius 2 is 1.71 bits per heavy atom. The molecular weight excluding hydrogens is 208 g/mol. The summed E-state index contributed by atoms with van der Waals surface area (Å²) in [7, 11) is 2.33. The van der Waals surface area contributed by atoms with Gasteiger partial charge in [-0.05, 0) is 51.0 Å². The lowest BCUT2D eigenvalue weighted by Crippen LogP contribution is -2.51. The average molecular weight is 236 g/mol. The van der Waals surface area contributed by atoms with E-state index < -0.39 is 0 Å². The molecule has 2 bridgehead atoms. The van der Waals surface area contributed by atoms with Crippen molar-refractivity contribution in [2.45, 2.75) is 83.0 Å². The molecular formula is C15H28N2. The molecule has 0 aromatic heterocycles. The first-order chi connectivity index (χ1) is 8.06. The smallest absolute Gasteiger partial charge is 0.0121 e. The maximum Gasteiger partial charge on any atom is 0.0121 e. The van der Waals surface area contributed by atoms with E-state index in [4.69, 9.17) is 0 Å². The first kappa shape index (κ1) is 12.0. The van der Waals surface area contributed by atoms with Crippen LogP contribution >= 0.6 is 0 Å². The molecule has 0 amide bonds. The van der Waals surface area contributed by atoms with Gasteiger partial charge in [0.25, 0.3) is 0 Å². The van der Waals surface area contributed by atoms with Crippen LogP contribution in [0.2, 0.25) is 0 Å². The predicted molar refractivity (Wildman–Crippen MR) is 72.2 cm³/mol. The highest BCUT2D eigenvalue weighted by Crippen LogP contribution is 2.40. The van der Waals surface area contributed by atoms with E-state index in [1.54, 1.807) is 0 Å². The molecule has 3 unspecified atom stereocenters. The van der Waals surface area contributed by atoms with Crippen LogP contribution in [0.15, 0.2) is 0 Å². The molecule has 2 heteroatoms. The molecule has 2 saturated heterocycles. The fourth-order valence-corrected chi connectivity index (χ4v) is 4.47. The van der Waals surface area contributed by atoms with Crippen molar-refractivity contribution in [1.29, 1.82) is 0 Å². The van der Waals surface area contributed by atoms with Crippen LogP contribution in [0.25, 0.3) is 0 Å². The molecule has 3 rings (SSSR count). The second kappa shape index (κ2) is 4.24. The van der Waals surface area contributed by atoms with Crippen LogP contribution in [0.3, 0.4) is 0 Å². The van der Waals surface area contributed by atoms with Crippen molar-refractivity contribution in [2.75, 3.05) is 7.05 Å². The lowest BCUT2D eigenvalue weighted by molar-refractivity contribution is 0.131. The topological polar surface area (TPSA) is 15.3 Å². The lowest BCUT2D eigenvalue weighted by atomic mass is 9.86. The molecule has 0 radical (unpaired) electrons. The van der Waals surface area contributed by atoms with Gasteiger partial charge in [-0.1, -0.05) is 20.3 Å². The van der Waals surface area contributed by atoms with Gasteiger partial charge in [-0.2, -0.15) is 0 Å². The summed E-state index contributed by atoms with van der Waals surface area (Å²) >= 11 is 0. The van der Waals surface area contributed by atoms with Crippen LogP contribution in [-0.4, -0.2) is 36.1 Å². The first-order valence-corrected chi connectivity index (χ1v) is 7.54. The summed E-state index contributed by atoms with van der Waals surface area (Å²) in [4.78, 5) is 2.64. The van der Waals surface area contributed by atoms with E-state index in [1.807, 2.05) is 0 Å². The van der Waals surface area contributed by atoms with Gasteiger partial charge in [-0.3, -0.25) is 0 Å². The Balaban J connectivity index is 1.60. The van der Waals surface area contributed by atoms with Gasteiger partial charge in [0, 0.05) is 24.2 Å². The number of piperidine rings is 1. The normalized spacial score (nSPS) is 45.4.